The van der Waals surface area contributed by atoms with Crippen LogP contribution in [0.5, 0.6) is 0 Å². The van der Waals surface area contributed by atoms with Crippen LogP contribution < -0.4 is 5.32 Å². The van der Waals surface area contributed by atoms with Gasteiger partial charge in [-0.1, -0.05) is 74.7 Å². The maximum atomic E-state index is 14.3. The third-order valence-electron chi connectivity index (χ3n) is 9.37. The van der Waals surface area contributed by atoms with E-state index in [0.717, 1.165) is 61.5 Å². The predicted octanol–water partition coefficient (Wildman–Crippen LogP) is 6.02. The number of amides is 1. The molecule has 4 fully saturated rings. The van der Waals surface area contributed by atoms with Gasteiger partial charge in [0.1, 0.15) is 0 Å². The molecular formula is C31H37N3O. The van der Waals surface area contributed by atoms with Crippen LogP contribution in [-0.4, -0.2) is 34.9 Å². The SMILES string of the molecule is CC[C@H]1CN2CC[C@H]1C[C@@H]2[C@H](NC(=O)C1(c2ccccc2)CCCC1)c1ccnc2ccccc12. The number of rotatable bonds is 6. The first kappa shape index (κ1) is 22.7. The summed E-state index contributed by atoms with van der Waals surface area (Å²) in [7, 11) is 0. The van der Waals surface area contributed by atoms with E-state index in [1.165, 1.54) is 30.4 Å². The molecular weight excluding hydrogens is 430 g/mol. The smallest absolute Gasteiger partial charge is 0.231 e. The number of carbonyl (C=O) groups is 1. The minimum Gasteiger partial charge on any atom is -0.347 e. The molecule has 3 saturated heterocycles. The van der Waals surface area contributed by atoms with Crippen LogP contribution in [0.15, 0.2) is 66.9 Å². The Labute approximate surface area is 209 Å². The van der Waals surface area contributed by atoms with Crippen molar-refractivity contribution in [3.63, 3.8) is 0 Å². The summed E-state index contributed by atoms with van der Waals surface area (Å²) < 4.78 is 0. The summed E-state index contributed by atoms with van der Waals surface area (Å²) in [6, 6.07) is 21.4. The number of benzene rings is 2. The molecule has 35 heavy (non-hydrogen) atoms. The number of carbonyl (C=O) groups excluding carboxylic acids is 1. The fourth-order valence-electron chi connectivity index (χ4n) is 7.42. The van der Waals surface area contributed by atoms with Crippen LogP contribution in [0.4, 0.5) is 0 Å². The average molecular weight is 468 g/mol. The molecule has 4 heteroatoms. The van der Waals surface area contributed by atoms with Crippen molar-refractivity contribution < 1.29 is 4.79 Å². The highest BCUT2D eigenvalue weighted by Gasteiger charge is 2.47. The van der Waals surface area contributed by atoms with Crippen LogP contribution in [0.1, 0.15) is 69.0 Å². The topological polar surface area (TPSA) is 45.2 Å². The zero-order valence-corrected chi connectivity index (χ0v) is 20.8. The maximum absolute atomic E-state index is 14.3. The molecule has 4 nitrogen and oxygen atoms in total. The Morgan fingerprint density at radius 3 is 2.60 bits per heavy atom. The summed E-state index contributed by atoms with van der Waals surface area (Å²) in [6.07, 6.45) is 9.72. The Morgan fingerprint density at radius 2 is 1.86 bits per heavy atom. The van der Waals surface area contributed by atoms with E-state index in [-0.39, 0.29) is 11.9 Å². The molecule has 5 atom stereocenters. The third-order valence-corrected chi connectivity index (χ3v) is 9.37. The Bertz CT molecular complexity index is 1180. The highest BCUT2D eigenvalue weighted by Crippen LogP contribution is 2.45. The molecule has 7 rings (SSSR count). The number of aromatic nitrogens is 1. The van der Waals surface area contributed by atoms with Gasteiger partial charge < -0.3 is 5.32 Å². The highest BCUT2D eigenvalue weighted by molar-refractivity contribution is 5.90. The second kappa shape index (κ2) is 9.39. The van der Waals surface area contributed by atoms with Crippen LogP contribution >= 0.6 is 0 Å². The first-order valence-electron chi connectivity index (χ1n) is 13.6. The number of nitrogens with zero attached hydrogens (tertiary/aromatic N) is 2. The molecule has 1 aromatic heterocycles. The molecule has 1 aliphatic carbocycles. The third kappa shape index (κ3) is 3.96. The first-order chi connectivity index (χ1) is 17.2. The van der Waals surface area contributed by atoms with E-state index in [4.69, 9.17) is 0 Å². The van der Waals surface area contributed by atoms with Gasteiger partial charge in [0.15, 0.2) is 0 Å². The van der Waals surface area contributed by atoms with E-state index in [1.54, 1.807) is 0 Å². The van der Waals surface area contributed by atoms with Crippen molar-refractivity contribution in [3.8, 4) is 0 Å². The predicted molar refractivity (Wildman–Crippen MR) is 141 cm³/mol. The Kier molecular flexibility index (Phi) is 6.09. The quantitative estimate of drug-likeness (QED) is 0.482. The van der Waals surface area contributed by atoms with Crippen LogP contribution in [-0.2, 0) is 10.2 Å². The number of piperidine rings is 3. The fourth-order valence-corrected chi connectivity index (χ4v) is 7.42. The van der Waals surface area contributed by atoms with Gasteiger partial charge in [-0.2, -0.15) is 0 Å². The lowest BCUT2D eigenvalue weighted by molar-refractivity contribution is -0.128. The molecule has 1 N–H and O–H groups in total. The summed E-state index contributed by atoms with van der Waals surface area (Å²) in [6.45, 7) is 4.64. The normalized spacial score (nSPS) is 28.1. The van der Waals surface area contributed by atoms with Crippen LogP contribution in [0.3, 0.4) is 0 Å². The molecule has 1 amide bonds. The molecule has 3 aromatic rings. The Balaban J connectivity index is 1.40. The summed E-state index contributed by atoms with van der Waals surface area (Å²) in [4.78, 5) is 21.6. The van der Waals surface area contributed by atoms with Gasteiger partial charge in [0.25, 0.3) is 0 Å². The Morgan fingerprint density at radius 1 is 1.09 bits per heavy atom. The lowest BCUT2D eigenvalue weighted by Crippen LogP contribution is -2.58. The number of nitrogens with one attached hydrogen (secondary N) is 1. The molecule has 2 aromatic carbocycles. The zero-order valence-electron chi connectivity index (χ0n) is 20.8. The molecule has 4 heterocycles. The summed E-state index contributed by atoms with van der Waals surface area (Å²) in [5.74, 6) is 1.76. The minimum absolute atomic E-state index is 0.0304. The number of para-hydroxylation sites is 1. The maximum Gasteiger partial charge on any atom is 0.231 e. The van der Waals surface area contributed by atoms with Crippen molar-refractivity contribution in [2.45, 2.75) is 69.4 Å². The molecule has 182 valence electrons. The molecule has 1 saturated carbocycles. The number of fused-ring (bicyclic) bond motifs is 4. The van der Waals surface area contributed by atoms with Crippen molar-refractivity contribution in [1.29, 1.82) is 0 Å². The van der Waals surface area contributed by atoms with Gasteiger partial charge >= 0.3 is 0 Å². The number of hydrogen-bond donors (Lipinski definition) is 1. The van der Waals surface area contributed by atoms with Crippen molar-refractivity contribution in [3.05, 3.63) is 78.0 Å². The van der Waals surface area contributed by atoms with Gasteiger partial charge in [0.2, 0.25) is 5.91 Å². The monoisotopic (exact) mass is 467 g/mol. The van der Waals surface area contributed by atoms with E-state index >= 15 is 0 Å². The van der Waals surface area contributed by atoms with Crippen LogP contribution in [0.2, 0.25) is 0 Å². The van der Waals surface area contributed by atoms with Gasteiger partial charge in [-0.05, 0) is 67.3 Å². The van der Waals surface area contributed by atoms with Crippen molar-refractivity contribution in [2.75, 3.05) is 13.1 Å². The van der Waals surface area contributed by atoms with E-state index in [0.29, 0.717) is 6.04 Å². The van der Waals surface area contributed by atoms with Crippen molar-refractivity contribution in [2.24, 2.45) is 11.8 Å². The lowest BCUT2D eigenvalue weighted by atomic mass is 9.71. The summed E-state index contributed by atoms with van der Waals surface area (Å²) in [5, 5.41) is 4.85. The molecule has 3 aliphatic heterocycles. The van der Waals surface area contributed by atoms with Gasteiger partial charge in [-0.25, -0.2) is 0 Å². The molecule has 0 radical (unpaired) electrons. The van der Waals surface area contributed by atoms with Gasteiger partial charge in [0, 0.05) is 24.2 Å². The molecule has 1 unspecified atom stereocenters. The van der Waals surface area contributed by atoms with Gasteiger partial charge in [-0.15, -0.1) is 0 Å². The van der Waals surface area contributed by atoms with E-state index in [2.05, 4.69) is 70.7 Å². The molecule has 0 spiro atoms. The summed E-state index contributed by atoms with van der Waals surface area (Å²) in [5.41, 5.74) is 2.98. The van der Waals surface area contributed by atoms with E-state index in [9.17, 15) is 4.79 Å². The minimum atomic E-state index is -0.419. The number of hydrogen-bond acceptors (Lipinski definition) is 3. The second-order valence-corrected chi connectivity index (χ2v) is 11.0. The van der Waals surface area contributed by atoms with E-state index < -0.39 is 5.41 Å². The van der Waals surface area contributed by atoms with Crippen LogP contribution in [0.25, 0.3) is 10.9 Å². The van der Waals surface area contributed by atoms with Crippen molar-refractivity contribution >= 4 is 16.8 Å². The standard InChI is InChI=1S/C31H37N3O/c1-2-22-21-34-19-15-23(22)20-28(34)29(26-14-18-32-27-13-7-6-12-25(26)27)33-30(35)31(16-8-9-17-31)24-10-4-3-5-11-24/h3-7,10-14,18,22-23,28-29H,2,8-9,15-17,19-21H2,1H3,(H,33,35)/t22-,23-,28+,29+/m0/s1. The second-order valence-electron chi connectivity index (χ2n) is 11.0. The van der Waals surface area contributed by atoms with Gasteiger partial charge in [0.05, 0.1) is 17.0 Å². The van der Waals surface area contributed by atoms with Gasteiger partial charge in [-0.3, -0.25) is 14.7 Å². The van der Waals surface area contributed by atoms with Crippen LogP contribution in [0, 0.1) is 11.8 Å². The zero-order chi connectivity index (χ0) is 23.8. The largest absolute Gasteiger partial charge is 0.347 e. The molecule has 2 bridgehead atoms. The lowest BCUT2D eigenvalue weighted by Gasteiger charge is -2.52. The summed E-state index contributed by atoms with van der Waals surface area (Å²) >= 11 is 0. The van der Waals surface area contributed by atoms with Crippen molar-refractivity contribution in [1.82, 2.24) is 15.2 Å². The fraction of sp³-hybridized carbons (Fsp3) is 0.484. The molecule has 4 aliphatic rings. The Hall–Kier alpha value is -2.72. The average Bonchev–Trinajstić information content (AvgIpc) is 3.43. The first-order valence-corrected chi connectivity index (χ1v) is 13.6. The van der Waals surface area contributed by atoms with E-state index in [1.807, 2.05) is 18.3 Å². The number of pyridine rings is 1. The highest BCUT2D eigenvalue weighted by atomic mass is 16.2.